The Labute approximate surface area is 149 Å². The molecule has 0 saturated heterocycles. The third kappa shape index (κ3) is 3.83. The second-order valence-corrected chi connectivity index (χ2v) is 5.67. The molecule has 1 aromatic heterocycles. The number of hydrogen-bond donors (Lipinski definition) is 0. The van der Waals surface area contributed by atoms with Crippen molar-refractivity contribution in [2.45, 2.75) is 6.92 Å². The summed E-state index contributed by atoms with van der Waals surface area (Å²) in [4.78, 5) is 24.1. The topological polar surface area (TPSA) is 65.7 Å². The molecule has 0 bridgehead atoms. The van der Waals surface area contributed by atoms with Crippen LogP contribution in [-0.4, -0.2) is 25.0 Å². The highest BCUT2D eigenvalue weighted by Crippen LogP contribution is 2.28. The summed E-state index contributed by atoms with van der Waals surface area (Å²) in [7, 11) is 0. The van der Waals surface area contributed by atoms with Crippen LogP contribution in [0.1, 0.15) is 22.8 Å². The minimum absolute atomic E-state index is 0.182. The molecule has 0 amide bonds. The van der Waals surface area contributed by atoms with Gasteiger partial charge in [-0.05, 0) is 49.4 Å². The van der Waals surface area contributed by atoms with Crippen molar-refractivity contribution in [3.05, 3.63) is 64.9 Å². The molecule has 25 heavy (non-hydrogen) atoms. The van der Waals surface area contributed by atoms with Crippen molar-refractivity contribution in [2.24, 2.45) is 0 Å². The molecule has 0 aliphatic heterocycles. The lowest BCUT2D eigenvalue weighted by Gasteiger charge is -2.06. The molecule has 0 radical (unpaired) electrons. The highest BCUT2D eigenvalue weighted by Gasteiger charge is 2.16. The van der Waals surface area contributed by atoms with Gasteiger partial charge >= 0.3 is 5.97 Å². The molecule has 0 atom stereocenters. The highest BCUT2D eigenvalue weighted by molar-refractivity contribution is 6.30. The molecule has 128 valence electrons. The van der Waals surface area contributed by atoms with Gasteiger partial charge < -0.3 is 13.9 Å². The number of benzene rings is 2. The monoisotopic (exact) mass is 358 g/mol. The van der Waals surface area contributed by atoms with Gasteiger partial charge in [0.15, 0.2) is 12.4 Å². The van der Waals surface area contributed by atoms with Crippen LogP contribution in [0.2, 0.25) is 5.02 Å². The minimum atomic E-state index is -0.452. The van der Waals surface area contributed by atoms with Gasteiger partial charge in [0.25, 0.3) is 0 Å². The van der Waals surface area contributed by atoms with Crippen molar-refractivity contribution < 1.29 is 23.5 Å². The van der Waals surface area contributed by atoms with Crippen molar-refractivity contribution in [3.8, 4) is 5.75 Å². The number of esters is 1. The standard InChI is InChI=1S/C19H15ClO5/c1-2-23-18(21)11-24-14-7-8-17-15(9-14)16(10-25-17)19(22)12-3-5-13(20)6-4-12/h3-10H,2,11H2,1H3. The normalized spacial score (nSPS) is 10.6. The van der Waals surface area contributed by atoms with E-state index in [4.69, 9.17) is 25.5 Å². The third-order valence-electron chi connectivity index (χ3n) is 3.56. The van der Waals surface area contributed by atoms with Crippen LogP contribution in [0, 0.1) is 0 Å². The van der Waals surface area contributed by atoms with Gasteiger partial charge in [0.1, 0.15) is 17.6 Å². The van der Waals surface area contributed by atoms with E-state index in [0.29, 0.717) is 39.5 Å². The average molecular weight is 359 g/mol. The van der Waals surface area contributed by atoms with Crippen molar-refractivity contribution in [2.75, 3.05) is 13.2 Å². The Morgan fingerprint density at radius 3 is 2.60 bits per heavy atom. The van der Waals surface area contributed by atoms with Gasteiger partial charge in [0.05, 0.1) is 12.2 Å². The molecule has 0 aliphatic carbocycles. The van der Waals surface area contributed by atoms with Gasteiger partial charge in [-0.15, -0.1) is 0 Å². The lowest BCUT2D eigenvalue weighted by molar-refractivity contribution is -0.145. The van der Waals surface area contributed by atoms with E-state index in [1.54, 1.807) is 49.4 Å². The first-order valence-corrected chi connectivity index (χ1v) is 8.06. The predicted octanol–water partition coefficient (Wildman–Crippen LogP) is 4.26. The van der Waals surface area contributed by atoms with E-state index >= 15 is 0 Å². The smallest absolute Gasteiger partial charge is 0.344 e. The Bertz CT molecular complexity index is 911. The zero-order valence-electron chi connectivity index (χ0n) is 13.5. The zero-order chi connectivity index (χ0) is 17.8. The van der Waals surface area contributed by atoms with Crippen LogP contribution in [0.15, 0.2) is 53.1 Å². The predicted molar refractivity (Wildman–Crippen MR) is 93.2 cm³/mol. The molecule has 0 N–H and O–H groups in total. The van der Waals surface area contributed by atoms with Crippen molar-refractivity contribution >= 4 is 34.3 Å². The van der Waals surface area contributed by atoms with E-state index in [-0.39, 0.29) is 12.4 Å². The van der Waals surface area contributed by atoms with Crippen LogP contribution >= 0.6 is 11.6 Å². The fourth-order valence-corrected chi connectivity index (χ4v) is 2.50. The molecule has 1 heterocycles. The molecule has 0 unspecified atom stereocenters. The molecule has 0 saturated carbocycles. The number of halogens is 1. The number of carbonyl (C=O) groups excluding carboxylic acids is 2. The first-order chi connectivity index (χ1) is 12.1. The quantitative estimate of drug-likeness (QED) is 0.486. The van der Waals surface area contributed by atoms with E-state index in [0.717, 1.165) is 0 Å². The Balaban J connectivity index is 1.86. The van der Waals surface area contributed by atoms with Crippen LogP contribution in [-0.2, 0) is 9.53 Å². The fourth-order valence-electron chi connectivity index (χ4n) is 2.38. The van der Waals surface area contributed by atoms with Crippen LogP contribution in [0.5, 0.6) is 5.75 Å². The highest BCUT2D eigenvalue weighted by atomic mass is 35.5. The number of carbonyl (C=O) groups is 2. The molecular formula is C19H15ClO5. The summed E-state index contributed by atoms with van der Waals surface area (Å²) in [6.07, 6.45) is 1.41. The molecule has 6 heteroatoms. The molecule has 3 rings (SSSR count). The summed E-state index contributed by atoms with van der Waals surface area (Å²) < 4.78 is 15.7. The SMILES string of the molecule is CCOC(=O)COc1ccc2occ(C(=O)c3ccc(Cl)cc3)c2c1. The lowest BCUT2D eigenvalue weighted by Crippen LogP contribution is -2.14. The average Bonchev–Trinajstić information content (AvgIpc) is 3.03. The van der Waals surface area contributed by atoms with Crippen LogP contribution in [0.3, 0.4) is 0 Å². The second-order valence-electron chi connectivity index (χ2n) is 5.24. The lowest BCUT2D eigenvalue weighted by atomic mass is 10.0. The number of ether oxygens (including phenoxy) is 2. The van der Waals surface area contributed by atoms with Gasteiger partial charge in [-0.1, -0.05) is 11.6 Å². The molecule has 0 spiro atoms. The van der Waals surface area contributed by atoms with Gasteiger partial charge in [-0.3, -0.25) is 4.79 Å². The third-order valence-corrected chi connectivity index (χ3v) is 3.81. The maximum absolute atomic E-state index is 12.7. The summed E-state index contributed by atoms with van der Waals surface area (Å²) in [5, 5.41) is 1.17. The van der Waals surface area contributed by atoms with Crippen molar-refractivity contribution in [1.82, 2.24) is 0 Å². The first-order valence-electron chi connectivity index (χ1n) is 7.68. The fraction of sp³-hybridized carbons (Fsp3) is 0.158. The summed E-state index contributed by atoms with van der Waals surface area (Å²) in [5.74, 6) is -0.183. The van der Waals surface area contributed by atoms with Crippen molar-refractivity contribution in [3.63, 3.8) is 0 Å². The Morgan fingerprint density at radius 2 is 1.88 bits per heavy atom. The maximum atomic E-state index is 12.7. The van der Waals surface area contributed by atoms with E-state index in [1.165, 1.54) is 6.26 Å². The molecule has 5 nitrogen and oxygen atoms in total. The number of fused-ring (bicyclic) bond motifs is 1. The number of furan rings is 1. The Hall–Kier alpha value is -2.79. The van der Waals surface area contributed by atoms with Crippen molar-refractivity contribution in [1.29, 1.82) is 0 Å². The van der Waals surface area contributed by atoms with E-state index in [2.05, 4.69) is 0 Å². The van der Waals surface area contributed by atoms with E-state index in [9.17, 15) is 9.59 Å². The summed E-state index contributed by atoms with van der Waals surface area (Å²) >= 11 is 5.86. The summed E-state index contributed by atoms with van der Waals surface area (Å²) in [6.45, 7) is 1.82. The zero-order valence-corrected chi connectivity index (χ0v) is 14.2. The number of ketones is 1. The van der Waals surface area contributed by atoms with Crippen LogP contribution in [0.4, 0.5) is 0 Å². The van der Waals surface area contributed by atoms with Gasteiger partial charge in [-0.2, -0.15) is 0 Å². The molecule has 0 fully saturated rings. The van der Waals surface area contributed by atoms with Gasteiger partial charge in [-0.25, -0.2) is 4.79 Å². The molecule has 2 aromatic carbocycles. The summed E-state index contributed by atoms with van der Waals surface area (Å²) in [5.41, 5.74) is 1.48. The van der Waals surface area contributed by atoms with E-state index in [1.807, 2.05) is 0 Å². The molecular weight excluding hydrogens is 344 g/mol. The Morgan fingerprint density at radius 1 is 1.12 bits per heavy atom. The van der Waals surface area contributed by atoms with E-state index < -0.39 is 5.97 Å². The molecule has 0 aliphatic rings. The summed E-state index contributed by atoms with van der Waals surface area (Å²) in [6, 6.07) is 11.7. The maximum Gasteiger partial charge on any atom is 0.344 e. The van der Waals surface area contributed by atoms with Gasteiger partial charge in [0.2, 0.25) is 0 Å². The Kier molecular flexibility index (Phi) is 5.05. The minimum Gasteiger partial charge on any atom is -0.482 e. The first kappa shape index (κ1) is 17.0. The van der Waals surface area contributed by atoms with Crippen LogP contribution in [0.25, 0.3) is 11.0 Å². The number of hydrogen-bond acceptors (Lipinski definition) is 5. The second kappa shape index (κ2) is 7.40. The molecule has 3 aromatic rings. The van der Waals surface area contributed by atoms with Gasteiger partial charge in [0, 0.05) is 16.0 Å². The van der Waals surface area contributed by atoms with Crippen LogP contribution < -0.4 is 4.74 Å². The largest absolute Gasteiger partial charge is 0.482 e. The number of rotatable bonds is 6.